The second-order valence-corrected chi connectivity index (χ2v) is 4.85. The van der Waals surface area contributed by atoms with E-state index in [1.807, 2.05) is 50.5 Å². The third kappa shape index (κ3) is 3.09. The van der Waals surface area contributed by atoms with Crippen LogP contribution in [0.2, 0.25) is 0 Å². The monoisotopic (exact) mass is 306 g/mol. The number of halogens is 1. The number of rotatable bonds is 4. The number of aryl methyl sites for hydroxylation is 1. The van der Waals surface area contributed by atoms with Crippen LogP contribution in [0.3, 0.4) is 0 Å². The highest BCUT2D eigenvalue weighted by Gasteiger charge is 2.07. The molecule has 2 rings (SSSR count). The van der Waals surface area contributed by atoms with Crippen LogP contribution in [0.15, 0.2) is 41.0 Å². The van der Waals surface area contributed by atoms with Gasteiger partial charge in [-0.05, 0) is 42.0 Å². The Kier molecular flexibility index (Phi) is 4.33. The number of ether oxygens (including phenoxy) is 1. The summed E-state index contributed by atoms with van der Waals surface area (Å²) in [6, 6.07) is 9.76. The lowest BCUT2D eigenvalue weighted by atomic mass is 10.2. The third-order valence-electron chi connectivity index (χ3n) is 2.50. The van der Waals surface area contributed by atoms with Crippen molar-refractivity contribution in [2.24, 2.45) is 0 Å². The second-order valence-electron chi connectivity index (χ2n) is 4.00. The SMILES string of the molecule is CNCc1cnc(C)cc1Oc1ccccc1Br. The molecule has 0 bridgehead atoms. The van der Waals surface area contributed by atoms with Gasteiger partial charge in [0.15, 0.2) is 0 Å². The van der Waals surface area contributed by atoms with E-state index in [0.29, 0.717) is 0 Å². The van der Waals surface area contributed by atoms with Crippen molar-refractivity contribution in [2.75, 3.05) is 7.05 Å². The molecule has 0 saturated heterocycles. The van der Waals surface area contributed by atoms with Gasteiger partial charge in [-0.15, -0.1) is 0 Å². The zero-order chi connectivity index (χ0) is 13.0. The highest BCUT2D eigenvalue weighted by Crippen LogP contribution is 2.31. The quantitative estimate of drug-likeness (QED) is 0.936. The molecule has 0 aliphatic carbocycles. The van der Waals surface area contributed by atoms with Crippen LogP contribution in [0.25, 0.3) is 0 Å². The first-order chi connectivity index (χ1) is 8.70. The molecule has 0 aliphatic heterocycles. The van der Waals surface area contributed by atoms with Crippen LogP contribution >= 0.6 is 15.9 Å². The lowest BCUT2D eigenvalue weighted by Gasteiger charge is -2.12. The Morgan fingerprint density at radius 2 is 2.06 bits per heavy atom. The van der Waals surface area contributed by atoms with Gasteiger partial charge < -0.3 is 10.1 Å². The molecule has 94 valence electrons. The average Bonchev–Trinajstić information content (AvgIpc) is 2.36. The van der Waals surface area contributed by atoms with Gasteiger partial charge in [-0.2, -0.15) is 0 Å². The highest BCUT2D eigenvalue weighted by molar-refractivity contribution is 9.10. The molecule has 0 atom stereocenters. The number of pyridine rings is 1. The Morgan fingerprint density at radius 3 is 2.78 bits per heavy atom. The Morgan fingerprint density at radius 1 is 1.28 bits per heavy atom. The van der Waals surface area contributed by atoms with Gasteiger partial charge in [0.2, 0.25) is 0 Å². The molecule has 0 saturated carbocycles. The zero-order valence-electron chi connectivity index (χ0n) is 10.4. The van der Waals surface area contributed by atoms with E-state index in [1.54, 1.807) is 0 Å². The van der Waals surface area contributed by atoms with E-state index < -0.39 is 0 Å². The first-order valence-electron chi connectivity index (χ1n) is 5.73. The predicted octanol–water partition coefficient (Wildman–Crippen LogP) is 3.66. The standard InChI is InChI=1S/C14H15BrN2O/c1-10-7-14(11(8-16-2)9-17-10)18-13-6-4-3-5-12(13)15/h3-7,9,16H,8H2,1-2H3. The summed E-state index contributed by atoms with van der Waals surface area (Å²) in [7, 11) is 1.90. The first-order valence-corrected chi connectivity index (χ1v) is 6.52. The summed E-state index contributed by atoms with van der Waals surface area (Å²) < 4.78 is 6.89. The van der Waals surface area contributed by atoms with Crippen LogP contribution in [0.4, 0.5) is 0 Å². The molecule has 2 aromatic rings. The molecule has 0 unspecified atom stereocenters. The largest absolute Gasteiger partial charge is 0.456 e. The van der Waals surface area contributed by atoms with Gasteiger partial charge in [0.25, 0.3) is 0 Å². The van der Waals surface area contributed by atoms with Crippen molar-refractivity contribution in [1.29, 1.82) is 0 Å². The summed E-state index contributed by atoms with van der Waals surface area (Å²) >= 11 is 3.48. The first kappa shape index (κ1) is 13.1. The average molecular weight is 307 g/mol. The Labute approximate surface area is 115 Å². The van der Waals surface area contributed by atoms with Crippen LogP contribution in [0.1, 0.15) is 11.3 Å². The molecule has 1 N–H and O–H groups in total. The summed E-state index contributed by atoms with van der Waals surface area (Å²) in [6.07, 6.45) is 1.85. The summed E-state index contributed by atoms with van der Waals surface area (Å²) in [6.45, 7) is 2.68. The molecule has 3 nitrogen and oxygen atoms in total. The van der Waals surface area contributed by atoms with Crippen molar-refractivity contribution >= 4 is 15.9 Å². The number of nitrogens with zero attached hydrogens (tertiary/aromatic N) is 1. The molecule has 1 aromatic carbocycles. The van der Waals surface area contributed by atoms with Gasteiger partial charge in [-0.3, -0.25) is 4.98 Å². The molecule has 1 heterocycles. The maximum Gasteiger partial charge on any atom is 0.141 e. The van der Waals surface area contributed by atoms with Gasteiger partial charge >= 0.3 is 0 Å². The van der Waals surface area contributed by atoms with Crippen LogP contribution in [0.5, 0.6) is 11.5 Å². The van der Waals surface area contributed by atoms with Crippen LogP contribution < -0.4 is 10.1 Å². The minimum absolute atomic E-state index is 0.729. The van der Waals surface area contributed by atoms with Crippen molar-refractivity contribution < 1.29 is 4.74 Å². The number of aromatic nitrogens is 1. The maximum atomic E-state index is 5.95. The summed E-state index contributed by atoms with van der Waals surface area (Å²) in [5.74, 6) is 1.64. The van der Waals surface area contributed by atoms with Gasteiger partial charge in [-0.25, -0.2) is 0 Å². The van der Waals surface area contributed by atoms with Crippen molar-refractivity contribution in [1.82, 2.24) is 10.3 Å². The maximum absolute atomic E-state index is 5.95. The highest BCUT2D eigenvalue weighted by atomic mass is 79.9. The Bertz CT molecular complexity index is 543. The van der Waals surface area contributed by atoms with Crippen molar-refractivity contribution in [3.63, 3.8) is 0 Å². The van der Waals surface area contributed by atoms with E-state index in [2.05, 4.69) is 26.2 Å². The molecule has 0 radical (unpaired) electrons. The molecule has 0 aliphatic rings. The molecular formula is C14H15BrN2O. The van der Waals surface area contributed by atoms with Crippen molar-refractivity contribution in [3.8, 4) is 11.5 Å². The van der Waals surface area contributed by atoms with Gasteiger partial charge in [-0.1, -0.05) is 12.1 Å². The molecule has 18 heavy (non-hydrogen) atoms. The summed E-state index contributed by atoms with van der Waals surface area (Å²) in [5.41, 5.74) is 1.98. The van der Waals surface area contributed by atoms with Crippen LogP contribution in [0, 0.1) is 6.92 Å². The number of para-hydroxylation sites is 1. The Balaban J connectivity index is 2.33. The van der Waals surface area contributed by atoms with E-state index >= 15 is 0 Å². The fourth-order valence-corrected chi connectivity index (χ4v) is 1.99. The minimum atomic E-state index is 0.729. The number of benzene rings is 1. The van der Waals surface area contributed by atoms with Crippen LogP contribution in [-0.4, -0.2) is 12.0 Å². The second kappa shape index (κ2) is 5.98. The molecule has 0 amide bonds. The van der Waals surface area contributed by atoms with E-state index in [-0.39, 0.29) is 0 Å². The lowest BCUT2D eigenvalue weighted by molar-refractivity contribution is 0.470. The summed E-state index contributed by atoms with van der Waals surface area (Å²) in [4.78, 5) is 4.29. The van der Waals surface area contributed by atoms with Gasteiger partial charge in [0.05, 0.1) is 4.47 Å². The molecular weight excluding hydrogens is 292 g/mol. The van der Waals surface area contributed by atoms with E-state index in [1.165, 1.54) is 0 Å². The molecule has 0 fully saturated rings. The minimum Gasteiger partial charge on any atom is -0.456 e. The van der Waals surface area contributed by atoms with Gasteiger partial charge in [0.1, 0.15) is 11.5 Å². The van der Waals surface area contributed by atoms with E-state index in [9.17, 15) is 0 Å². The van der Waals surface area contributed by atoms with Crippen molar-refractivity contribution in [2.45, 2.75) is 13.5 Å². The predicted molar refractivity (Wildman–Crippen MR) is 76.0 cm³/mol. The number of nitrogens with one attached hydrogen (secondary N) is 1. The number of hydrogen-bond donors (Lipinski definition) is 1. The van der Waals surface area contributed by atoms with Crippen molar-refractivity contribution in [3.05, 3.63) is 52.3 Å². The topological polar surface area (TPSA) is 34.2 Å². The van der Waals surface area contributed by atoms with E-state index in [0.717, 1.165) is 33.8 Å². The van der Waals surface area contributed by atoms with E-state index in [4.69, 9.17) is 4.74 Å². The normalized spacial score (nSPS) is 10.4. The smallest absolute Gasteiger partial charge is 0.141 e. The molecule has 1 aromatic heterocycles. The third-order valence-corrected chi connectivity index (χ3v) is 3.16. The van der Waals surface area contributed by atoms with Gasteiger partial charge in [0, 0.05) is 30.1 Å². The fourth-order valence-electron chi connectivity index (χ4n) is 1.63. The Hall–Kier alpha value is -1.39. The molecule has 0 spiro atoms. The summed E-state index contributed by atoms with van der Waals surface area (Å²) in [5, 5.41) is 3.11. The zero-order valence-corrected chi connectivity index (χ0v) is 12.0. The van der Waals surface area contributed by atoms with Crippen LogP contribution in [-0.2, 0) is 6.54 Å². The molecule has 4 heteroatoms. The fraction of sp³-hybridized carbons (Fsp3) is 0.214. The number of hydrogen-bond acceptors (Lipinski definition) is 3. The lowest BCUT2D eigenvalue weighted by Crippen LogP contribution is -2.07.